The van der Waals surface area contributed by atoms with E-state index < -0.39 is 0 Å². The molecule has 3 unspecified atom stereocenters. The molecule has 4 nitrogen and oxygen atoms in total. The lowest BCUT2D eigenvalue weighted by atomic mass is 9.84. The number of rotatable bonds is 3. The van der Waals surface area contributed by atoms with Gasteiger partial charge in [-0.15, -0.1) is 0 Å². The van der Waals surface area contributed by atoms with Gasteiger partial charge in [-0.3, -0.25) is 4.79 Å². The van der Waals surface area contributed by atoms with Gasteiger partial charge in [-0.25, -0.2) is 0 Å². The minimum Gasteiger partial charge on any atom is -0.396 e. The molecule has 0 bridgehead atoms. The van der Waals surface area contributed by atoms with E-state index in [1.54, 1.807) is 0 Å². The molecule has 3 N–H and O–H groups in total. The van der Waals surface area contributed by atoms with Crippen molar-refractivity contribution in [2.24, 2.45) is 11.8 Å². The zero-order valence-corrected chi connectivity index (χ0v) is 12.3. The van der Waals surface area contributed by atoms with Crippen LogP contribution in [0.1, 0.15) is 31.2 Å². The van der Waals surface area contributed by atoms with E-state index >= 15 is 0 Å². The number of fused-ring (bicyclic) bond motifs is 1. The van der Waals surface area contributed by atoms with Crippen LogP contribution < -0.4 is 10.6 Å². The first-order valence-corrected chi connectivity index (χ1v) is 8.01. The SMILES string of the molecule is O=C(NC1CCCCC1CO)C1CNc2ccccc2C1. The highest BCUT2D eigenvalue weighted by atomic mass is 16.3. The van der Waals surface area contributed by atoms with Crippen LogP contribution in [-0.2, 0) is 11.2 Å². The highest BCUT2D eigenvalue weighted by Crippen LogP contribution is 2.27. The summed E-state index contributed by atoms with van der Waals surface area (Å²) in [5.41, 5.74) is 2.36. The first-order chi connectivity index (χ1) is 10.3. The normalized spacial score (nSPS) is 28.3. The van der Waals surface area contributed by atoms with Crippen molar-refractivity contribution >= 4 is 11.6 Å². The number of benzene rings is 1. The molecule has 1 aromatic rings. The summed E-state index contributed by atoms with van der Waals surface area (Å²) in [5, 5.41) is 16.0. The lowest BCUT2D eigenvalue weighted by Gasteiger charge is -2.33. The van der Waals surface area contributed by atoms with E-state index in [2.05, 4.69) is 22.8 Å². The smallest absolute Gasteiger partial charge is 0.225 e. The van der Waals surface area contributed by atoms with Crippen molar-refractivity contribution < 1.29 is 9.90 Å². The molecule has 1 fully saturated rings. The maximum atomic E-state index is 12.5. The lowest BCUT2D eigenvalue weighted by molar-refractivity contribution is -0.126. The molecule has 3 rings (SSSR count). The summed E-state index contributed by atoms with van der Waals surface area (Å²) in [6, 6.07) is 8.32. The van der Waals surface area contributed by atoms with Crippen LogP contribution in [0.15, 0.2) is 24.3 Å². The highest BCUT2D eigenvalue weighted by molar-refractivity contribution is 5.81. The molecule has 2 aliphatic rings. The Morgan fingerprint density at radius 2 is 2.10 bits per heavy atom. The van der Waals surface area contributed by atoms with Crippen molar-refractivity contribution in [3.63, 3.8) is 0 Å². The van der Waals surface area contributed by atoms with Gasteiger partial charge in [-0.2, -0.15) is 0 Å². The van der Waals surface area contributed by atoms with Crippen molar-refractivity contribution in [1.82, 2.24) is 5.32 Å². The topological polar surface area (TPSA) is 61.4 Å². The van der Waals surface area contributed by atoms with Gasteiger partial charge >= 0.3 is 0 Å². The van der Waals surface area contributed by atoms with E-state index in [0.717, 1.165) is 37.8 Å². The number of carbonyl (C=O) groups excluding carboxylic acids is 1. The summed E-state index contributed by atoms with van der Waals surface area (Å²) in [6.07, 6.45) is 5.12. The summed E-state index contributed by atoms with van der Waals surface area (Å²) in [4.78, 5) is 12.5. The summed E-state index contributed by atoms with van der Waals surface area (Å²) in [7, 11) is 0. The quantitative estimate of drug-likeness (QED) is 0.796. The van der Waals surface area contributed by atoms with E-state index in [-0.39, 0.29) is 30.4 Å². The number of carbonyl (C=O) groups is 1. The van der Waals surface area contributed by atoms with Crippen LogP contribution in [0.2, 0.25) is 0 Å². The Morgan fingerprint density at radius 1 is 1.29 bits per heavy atom. The molecule has 1 aliphatic carbocycles. The molecule has 114 valence electrons. The fourth-order valence-corrected chi connectivity index (χ4v) is 3.54. The largest absolute Gasteiger partial charge is 0.396 e. The van der Waals surface area contributed by atoms with E-state index in [1.165, 1.54) is 5.56 Å². The Kier molecular flexibility index (Phi) is 4.44. The van der Waals surface area contributed by atoms with Gasteiger partial charge in [0.2, 0.25) is 5.91 Å². The van der Waals surface area contributed by atoms with Crippen LogP contribution in [0.4, 0.5) is 5.69 Å². The summed E-state index contributed by atoms with van der Waals surface area (Å²) >= 11 is 0. The summed E-state index contributed by atoms with van der Waals surface area (Å²) in [6.45, 7) is 0.871. The number of para-hydroxylation sites is 1. The summed E-state index contributed by atoms with van der Waals surface area (Å²) < 4.78 is 0. The van der Waals surface area contributed by atoms with Gasteiger partial charge in [0, 0.05) is 30.8 Å². The van der Waals surface area contributed by atoms with Crippen LogP contribution >= 0.6 is 0 Å². The number of nitrogens with one attached hydrogen (secondary N) is 2. The Bertz CT molecular complexity index is 503. The van der Waals surface area contributed by atoms with Gasteiger partial charge in [0.25, 0.3) is 0 Å². The maximum absolute atomic E-state index is 12.5. The number of anilines is 1. The number of hydrogen-bond acceptors (Lipinski definition) is 3. The minimum atomic E-state index is -0.0128. The zero-order chi connectivity index (χ0) is 14.7. The van der Waals surface area contributed by atoms with Gasteiger partial charge in [-0.05, 0) is 30.9 Å². The minimum absolute atomic E-state index is 0.0128. The molecular formula is C17H24N2O2. The number of amides is 1. The van der Waals surface area contributed by atoms with E-state index in [9.17, 15) is 9.90 Å². The Hall–Kier alpha value is -1.55. The van der Waals surface area contributed by atoms with Gasteiger partial charge in [-0.1, -0.05) is 31.0 Å². The summed E-state index contributed by atoms with van der Waals surface area (Å²) in [5.74, 6) is 0.343. The van der Waals surface area contributed by atoms with Crippen molar-refractivity contribution in [1.29, 1.82) is 0 Å². The molecule has 21 heavy (non-hydrogen) atoms. The standard InChI is InChI=1S/C17H24N2O2/c20-11-13-6-2-4-8-16(13)19-17(21)14-9-12-5-1-3-7-15(12)18-10-14/h1,3,5,7,13-14,16,18,20H,2,4,6,8-11H2,(H,19,21). The van der Waals surface area contributed by atoms with E-state index in [1.807, 2.05) is 12.1 Å². The molecule has 0 saturated heterocycles. The molecule has 1 aromatic carbocycles. The first-order valence-electron chi connectivity index (χ1n) is 8.01. The molecule has 0 spiro atoms. The molecule has 1 amide bonds. The molecule has 4 heteroatoms. The van der Waals surface area contributed by atoms with Gasteiger partial charge < -0.3 is 15.7 Å². The Labute approximate surface area is 125 Å². The first kappa shape index (κ1) is 14.4. The molecular weight excluding hydrogens is 264 g/mol. The second-order valence-electron chi connectivity index (χ2n) is 6.28. The Balaban J connectivity index is 1.61. The van der Waals surface area contributed by atoms with Crippen molar-refractivity contribution in [3.8, 4) is 0 Å². The van der Waals surface area contributed by atoms with Crippen LogP contribution in [0.25, 0.3) is 0 Å². The predicted molar refractivity (Wildman–Crippen MR) is 83.1 cm³/mol. The van der Waals surface area contributed by atoms with Gasteiger partial charge in [0.15, 0.2) is 0 Å². The molecule has 0 radical (unpaired) electrons. The molecule has 3 atom stereocenters. The van der Waals surface area contributed by atoms with Crippen LogP contribution in [0, 0.1) is 11.8 Å². The van der Waals surface area contributed by atoms with Gasteiger partial charge in [0.1, 0.15) is 0 Å². The number of hydrogen-bond donors (Lipinski definition) is 3. The van der Waals surface area contributed by atoms with Crippen molar-refractivity contribution in [3.05, 3.63) is 29.8 Å². The lowest BCUT2D eigenvalue weighted by Crippen LogP contribution is -2.47. The van der Waals surface area contributed by atoms with Crippen LogP contribution in [0.3, 0.4) is 0 Å². The molecule has 0 aromatic heterocycles. The molecule has 1 aliphatic heterocycles. The Morgan fingerprint density at radius 3 is 2.95 bits per heavy atom. The molecule has 1 heterocycles. The third-order valence-corrected chi connectivity index (χ3v) is 4.86. The van der Waals surface area contributed by atoms with Crippen molar-refractivity contribution in [2.45, 2.75) is 38.1 Å². The molecule has 1 saturated carbocycles. The monoisotopic (exact) mass is 288 g/mol. The second-order valence-corrected chi connectivity index (χ2v) is 6.28. The van der Waals surface area contributed by atoms with Crippen LogP contribution in [-0.4, -0.2) is 30.2 Å². The van der Waals surface area contributed by atoms with E-state index in [4.69, 9.17) is 0 Å². The average molecular weight is 288 g/mol. The third kappa shape index (κ3) is 3.21. The van der Waals surface area contributed by atoms with E-state index in [0.29, 0.717) is 6.54 Å². The highest BCUT2D eigenvalue weighted by Gasteiger charge is 2.30. The fraction of sp³-hybridized carbons (Fsp3) is 0.588. The predicted octanol–water partition coefficient (Wildman–Crippen LogP) is 1.94. The zero-order valence-electron chi connectivity index (χ0n) is 12.3. The van der Waals surface area contributed by atoms with Crippen molar-refractivity contribution in [2.75, 3.05) is 18.5 Å². The number of aliphatic hydroxyl groups excluding tert-OH is 1. The van der Waals surface area contributed by atoms with Crippen LogP contribution in [0.5, 0.6) is 0 Å². The number of aliphatic hydroxyl groups is 1. The fourth-order valence-electron chi connectivity index (χ4n) is 3.54. The third-order valence-electron chi connectivity index (χ3n) is 4.86. The second kappa shape index (κ2) is 6.48. The maximum Gasteiger partial charge on any atom is 0.225 e. The average Bonchev–Trinajstić information content (AvgIpc) is 2.55. The van der Waals surface area contributed by atoms with Gasteiger partial charge in [0.05, 0.1) is 5.92 Å².